The van der Waals surface area contributed by atoms with Gasteiger partial charge in [-0.05, 0) is 38.0 Å². The zero-order valence-corrected chi connectivity index (χ0v) is 14.3. The van der Waals surface area contributed by atoms with Gasteiger partial charge < -0.3 is 5.32 Å². The van der Waals surface area contributed by atoms with Gasteiger partial charge in [-0.15, -0.1) is 0 Å². The second-order valence-corrected chi connectivity index (χ2v) is 7.70. The summed E-state index contributed by atoms with van der Waals surface area (Å²) in [4.78, 5) is 2.85. The first-order valence-electron chi connectivity index (χ1n) is 9.07. The van der Waals surface area contributed by atoms with Crippen molar-refractivity contribution >= 4 is 0 Å². The van der Waals surface area contributed by atoms with Crippen molar-refractivity contribution in [3.05, 3.63) is 0 Å². The second-order valence-electron chi connectivity index (χ2n) is 7.70. The summed E-state index contributed by atoms with van der Waals surface area (Å²) in [6.07, 6.45) is 9.87. The second kappa shape index (κ2) is 7.26. The molecule has 0 bridgehead atoms. The Hall–Kier alpha value is -0.0800. The lowest BCUT2D eigenvalue weighted by atomic mass is 9.80. The van der Waals surface area contributed by atoms with E-state index < -0.39 is 0 Å². The van der Waals surface area contributed by atoms with Crippen molar-refractivity contribution in [2.24, 2.45) is 11.8 Å². The van der Waals surface area contributed by atoms with Crippen LogP contribution in [-0.2, 0) is 0 Å². The molecule has 2 heteroatoms. The predicted molar refractivity (Wildman–Crippen MR) is 88.1 cm³/mol. The van der Waals surface area contributed by atoms with Gasteiger partial charge in [0.1, 0.15) is 0 Å². The van der Waals surface area contributed by atoms with E-state index in [0.29, 0.717) is 5.54 Å². The largest absolute Gasteiger partial charge is 0.309 e. The highest BCUT2D eigenvalue weighted by Gasteiger charge is 2.38. The van der Waals surface area contributed by atoms with E-state index in [1.165, 1.54) is 64.6 Å². The molecular formula is C18H36N2. The van der Waals surface area contributed by atoms with Crippen LogP contribution in [0.4, 0.5) is 0 Å². The van der Waals surface area contributed by atoms with Crippen LogP contribution in [0.3, 0.4) is 0 Å². The van der Waals surface area contributed by atoms with Gasteiger partial charge in [0.25, 0.3) is 0 Å². The molecule has 2 rings (SSSR count). The van der Waals surface area contributed by atoms with E-state index in [1.807, 2.05) is 0 Å². The minimum atomic E-state index is 0.332. The van der Waals surface area contributed by atoms with Crippen molar-refractivity contribution in [3.63, 3.8) is 0 Å². The molecule has 0 amide bonds. The third kappa shape index (κ3) is 3.98. The average molecular weight is 281 g/mol. The molecule has 3 atom stereocenters. The summed E-state index contributed by atoms with van der Waals surface area (Å²) in [5.74, 6) is 1.78. The summed E-state index contributed by atoms with van der Waals surface area (Å²) in [6.45, 7) is 13.3. The smallest absolute Gasteiger partial charge is 0.0278 e. The highest BCUT2D eigenvalue weighted by Crippen LogP contribution is 2.32. The lowest BCUT2D eigenvalue weighted by molar-refractivity contribution is 0.0305. The summed E-state index contributed by atoms with van der Waals surface area (Å²) in [5, 5.41) is 3.87. The van der Waals surface area contributed by atoms with Crippen LogP contribution in [0.5, 0.6) is 0 Å². The number of hydrogen-bond acceptors (Lipinski definition) is 2. The third-order valence-electron chi connectivity index (χ3n) is 5.98. The van der Waals surface area contributed by atoms with E-state index in [2.05, 4.69) is 37.9 Å². The monoisotopic (exact) mass is 280 g/mol. The molecule has 1 heterocycles. The fourth-order valence-corrected chi connectivity index (χ4v) is 4.05. The topological polar surface area (TPSA) is 15.3 Å². The Morgan fingerprint density at radius 3 is 2.50 bits per heavy atom. The molecule has 118 valence electrons. The maximum Gasteiger partial charge on any atom is 0.0278 e. The van der Waals surface area contributed by atoms with Crippen LogP contribution in [-0.4, -0.2) is 36.1 Å². The first-order chi connectivity index (χ1) is 9.58. The molecule has 0 spiro atoms. The highest BCUT2D eigenvalue weighted by molar-refractivity contribution is 4.97. The summed E-state index contributed by atoms with van der Waals surface area (Å²) < 4.78 is 0. The fraction of sp³-hybridized carbons (Fsp3) is 1.00. The van der Waals surface area contributed by atoms with Crippen LogP contribution in [0.15, 0.2) is 0 Å². The number of nitrogens with one attached hydrogen (secondary N) is 1. The van der Waals surface area contributed by atoms with Crippen molar-refractivity contribution < 1.29 is 0 Å². The van der Waals surface area contributed by atoms with E-state index in [0.717, 1.165) is 17.9 Å². The molecule has 0 aromatic carbocycles. The van der Waals surface area contributed by atoms with Crippen LogP contribution in [0.25, 0.3) is 0 Å². The van der Waals surface area contributed by atoms with Gasteiger partial charge in [0.2, 0.25) is 0 Å². The van der Waals surface area contributed by atoms with E-state index >= 15 is 0 Å². The molecule has 2 aliphatic rings. The Kier molecular flexibility index (Phi) is 5.92. The Balaban J connectivity index is 2.03. The molecule has 20 heavy (non-hydrogen) atoms. The van der Waals surface area contributed by atoms with Gasteiger partial charge in [-0.1, -0.05) is 46.5 Å². The maximum atomic E-state index is 3.87. The van der Waals surface area contributed by atoms with Crippen LogP contribution in [0, 0.1) is 11.8 Å². The molecular weight excluding hydrogens is 244 g/mol. The average Bonchev–Trinajstić information content (AvgIpc) is 2.48. The molecule has 3 unspecified atom stereocenters. The zero-order valence-electron chi connectivity index (χ0n) is 14.3. The molecule has 1 N–H and O–H groups in total. The Bertz CT molecular complexity index is 285. The molecule has 1 saturated carbocycles. The van der Waals surface area contributed by atoms with Crippen LogP contribution in [0.2, 0.25) is 0 Å². The van der Waals surface area contributed by atoms with Crippen LogP contribution in [0.1, 0.15) is 72.6 Å². The van der Waals surface area contributed by atoms with Gasteiger partial charge in [0.05, 0.1) is 0 Å². The van der Waals surface area contributed by atoms with Crippen molar-refractivity contribution in [3.8, 4) is 0 Å². The molecule has 0 radical (unpaired) electrons. The molecule has 1 aliphatic carbocycles. The summed E-state index contributed by atoms with van der Waals surface area (Å²) in [5.41, 5.74) is 0.332. The molecule has 1 saturated heterocycles. The van der Waals surface area contributed by atoms with Crippen molar-refractivity contribution in [1.29, 1.82) is 0 Å². The summed E-state index contributed by atoms with van der Waals surface area (Å²) in [6, 6.07) is 0.795. The lowest BCUT2D eigenvalue weighted by Gasteiger charge is -2.50. The number of piperazine rings is 1. The van der Waals surface area contributed by atoms with Crippen molar-refractivity contribution in [2.75, 3.05) is 19.6 Å². The molecule has 1 aliphatic heterocycles. The van der Waals surface area contributed by atoms with E-state index in [4.69, 9.17) is 0 Å². The molecule has 2 fully saturated rings. The summed E-state index contributed by atoms with van der Waals surface area (Å²) in [7, 11) is 0. The lowest BCUT2D eigenvalue weighted by Crippen LogP contribution is -2.65. The van der Waals surface area contributed by atoms with Crippen LogP contribution >= 0.6 is 0 Å². The van der Waals surface area contributed by atoms with Gasteiger partial charge in [0.15, 0.2) is 0 Å². The number of rotatable bonds is 5. The third-order valence-corrected chi connectivity index (χ3v) is 5.98. The van der Waals surface area contributed by atoms with E-state index in [9.17, 15) is 0 Å². The van der Waals surface area contributed by atoms with E-state index in [1.54, 1.807) is 0 Å². The summed E-state index contributed by atoms with van der Waals surface area (Å²) >= 11 is 0. The first kappa shape index (κ1) is 16.3. The normalized spacial score (nSPS) is 35.1. The van der Waals surface area contributed by atoms with Gasteiger partial charge in [-0.3, -0.25) is 4.90 Å². The Morgan fingerprint density at radius 1 is 1.20 bits per heavy atom. The molecule has 0 aromatic heterocycles. The fourth-order valence-electron chi connectivity index (χ4n) is 4.05. The molecule has 2 nitrogen and oxygen atoms in total. The number of nitrogens with zero attached hydrogens (tertiary/aromatic N) is 1. The minimum absolute atomic E-state index is 0.332. The first-order valence-corrected chi connectivity index (χ1v) is 9.07. The molecule has 0 aromatic rings. The van der Waals surface area contributed by atoms with Gasteiger partial charge >= 0.3 is 0 Å². The van der Waals surface area contributed by atoms with Crippen molar-refractivity contribution in [2.45, 2.75) is 84.2 Å². The van der Waals surface area contributed by atoms with Crippen LogP contribution < -0.4 is 5.32 Å². The number of hydrogen-bond donors (Lipinski definition) is 1. The SMILES string of the molecule is CCC(C)CN1CC(C)(CC)NCC1C1CCCCC1. The Morgan fingerprint density at radius 2 is 1.90 bits per heavy atom. The maximum absolute atomic E-state index is 3.87. The zero-order chi connectivity index (χ0) is 14.6. The Labute approximate surface area is 126 Å². The predicted octanol–water partition coefficient (Wildman–Crippen LogP) is 4.06. The van der Waals surface area contributed by atoms with E-state index in [-0.39, 0.29) is 0 Å². The minimum Gasteiger partial charge on any atom is -0.309 e. The highest BCUT2D eigenvalue weighted by atomic mass is 15.3. The van der Waals surface area contributed by atoms with Gasteiger partial charge in [0, 0.05) is 31.2 Å². The van der Waals surface area contributed by atoms with Gasteiger partial charge in [-0.2, -0.15) is 0 Å². The van der Waals surface area contributed by atoms with Gasteiger partial charge in [-0.25, -0.2) is 0 Å². The quantitative estimate of drug-likeness (QED) is 0.817. The van der Waals surface area contributed by atoms with Crippen molar-refractivity contribution in [1.82, 2.24) is 10.2 Å². The standard InChI is InChI=1S/C18H36N2/c1-5-15(3)13-20-14-18(4,6-2)19-12-17(20)16-10-8-7-9-11-16/h15-17,19H,5-14H2,1-4H3.